The van der Waals surface area contributed by atoms with Crippen LogP contribution in [0.15, 0.2) is 24.3 Å². The van der Waals surface area contributed by atoms with Gasteiger partial charge < -0.3 is 14.9 Å². The van der Waals surface area contributed by atoms with E-state index in [1.165, 1.54) is 6.07 Å². The molecule has 0 saturated carbocycles. The molecule has 2 aliphatic heterocycles. The first-order valence-electron chi connectivity index (χ1n) is 10.6. The number of rotatable bonds is 7. The predicted octanol–water partition coefficient (Wildman–Crippen LogP) is 2.00. The van der Waals surface area contributed by atoms with Gasteiger partial charge in [-0.2, -0.15) is 0 Å². The molecule has 2 saturated heterocycles. The minimum atomic E-state index is -0.199. The molecule has 1 aromatic rings. The van der Waals surface area contributed by atoms with Crippen molar-refractivity contribution in [1.82, 2.24) is 14.7 Å². The zero-order chi connectivity index (χ0) is 19.9. The number of aliphatic hydroxyl groups is 1. The van der Waals surface area contributed by atoms with Gasteiger partial charge in [-0.1, -0.05) is 12.1 Å². The summed E-state index contributed by atoms with van der Waals surface area (Å²) >= 11 is 0. The molecule has 2 fully saturated rings. The monoisotopic (exact) mass is 391 g/mol. The Morgan fingerprint density at radius 2 is 1.82 bits per heavy atom. The number of amides is 1. The average Bonchev–Trinajstić information content (AvgIpc) is 2.69. The molecule has 5 nitrogen and oxygen atoms in total. The zero-order valence-electron chi connectivity index (χ0n) is 17.0. The summed E-state index contributed by atoms with van der Waals surface area (Å²) in [5.74, 6) is 0.581. The number of halogens is 1. The highest BCUT2D eigenvalue weighted by Crippen LogP contribution is 2.19. The van der Waals surface area contributed by atoms with Crippen molar-refractivity contribution in [2.75, 3.05) is 52.9 Å². The van der Waals surface area contributed by atoms with E-state index in [1.54, 1.807) is 12.1 Å². The van der Waals surface area contributed by atoms with E-state index in [0.717, 1.165) is 76.9 Å². The molecule has 0 aromatic heterocycles. The largest absolute Gasteiger partial charge is 0.393 e. The summed E-state index contributed by atoms with van der Waals surface area (Å²) in [4.78, 5) is 19.0. The maximum atomic E-state index is 13.3. The summed E-state index contributed by atoms with van der Waals surface area (Å²) in [6, 6.07) is 6.87. The van der Waals surface area contributed by atoms with E-state index in [1.807, 2.05) is 18.0 Å². The normalized spacial score (nSPS) is 20.4. The molecule has 156 valence electrons. The number of likely N-dealkylation sites (N-methyl/N-ethyl adjacent to an activating group) is 1. The highest BCUT2D eigenvalue weighted by Gasteiger charge is 2.24. The van der Waals surface area contributed by atoms with E-state index >= 15 is 0 Å². The molecule has 0 bridgehead atoms. The highest BCUT2D eigenvalue weighted by atomic mass is 19.1. The van der Waals surface area contributed by atoms with Gasteiger partial charge in [0, 0.05) is 33.2 Å². The van der Waals surface area contributed by atoms with Crippen LogP contribution in [0.25, 0.3) is 0 Å². The molecular weight excluding hydrogens is 357 g/mol. The fraction of sp³-hybridized carbons (Fsp3) is 0.682. The second kappa shape index (κ2) is 10.3. The summed E-state index contributed by atoms with van der Waals surface area (Å²) in [7, 11) is 1.91. The van der Waals surface area contributed by atoms with Crippen molar-refractivity contribution < 1.29 is 14.3 Å². The lowest BCUT2D eigenvalue weighted by molar-refractivity contribution is -0.132. The lowest BCUT2D eigenvalue weighted by Crippen LogP contribution is -2.45. The van der Waals surface area contributed by atoms with Gasteiger partial charge in [-0.25, -0.2) is 4.39 Å². The number of nitrogens with zero attached hydrogens (tertiary/aromatic N) is 3. The third-order valence-electron chi connectivity index (χ3n) is 6.19. The van der Waals surface area contributed by atoms with E-state index < -0.39 is 0 Å². The molecule has 2 aliphatic rings. The van der Waals surface area contributed by atoms with Crippen LogP contribution in [0.3, 0.4) is 0 Å². The van der Waals surface area contributed by atoms with Crippen LogP contribution in [0.5, 0.6) is 0 Å². The standard InChI is InChI=1S/C22H34FN3O2/c1-24(22(28)17-26-13-8-21(27)9-14-26)16-19-6-11-25(12-7-19)10-5-18-3-2-4-20(23)15-18/h2-4,15,19,21,27H,5-14,16-17H2,1H3. The molecule has 1 amide bonds. The molecule has 0 radical (unpaired) electrons. The molecule has 28 heavy (non-hydrogen) atoms. The maximum Gasteiger partial charge on any atom is 0.236 e. The lowest BCUT2D eigenvalue weighted by atomic mass is 9.96. The van der Waals surface area contributed by atoms with Crippen molar-refractivity contribution in [1.29, 1.82) is 0 Å². The SMILES string of the molecule is CN(CC1CCN(CCc2cccc(F)c2)CC1)C(=O)CN1CCC(O)CC1. The Hall–Kier alpha value is -1.50. The molecule has 6 heteroatoms. The van der Waals surface area contributed by atoms with Crippen LogP contribution in [0.4, 0.5) is 4.39 Å². The quantitative estimate of drug-likeness (QED) is 0.772. The van der Waals surface area contributed by atoms with Crippen molar-refractivity contribution in [3.05, 3.63) is 35.6 Å². The van der Waals surface area contributed by atoms with E-state index in [-0.39, 0.29) is 17.8 Å². The van der Waals surface area contributed by atoms with Crippen LogP contribution in [0, 0.1) is 11.7 Å². The fourth-order valence-electron chi connectivity index (χ4n) is 4.25. The molecule has 0 spiro atoms. The van der Waals surface area contributed by atoms with Gasteiger partial charge in [-0.05, 0) is 68.8 Å². The Labute approximate surface area is 168 Å². The molecule has 0 unspecified atom stereocenters. The molecule has 1 aromatic carbocycles. The number of benzene rings is 1. The van der Waals surface area contributed by atoms with Crippen molar-refractivity contribution in [2.45, 2.75) is 38.2 Å². The van der Waals surface area contributed by atoms with Crippen LogP contribution in [-0.4, -0.2) is 84.7 Å². The molecular formula is C22H34FN3O2. The van der Waals surface area contributed by atoms with Gasteiger partial charge in [0.2, 0.25) is 5.91 Å². The Bertz CT molecular complexity index is 626. The third-order valence-corrected chi connectivity index (χ3v) is 6.19. The highest BCUT2D eigenvalue weighted by molar-refractivity contribution is 5.78. The summed E-state index contributed by atoms with van der Waals surface area (Å²) in [6.45, 7) is 5.97. The van der Waals surface area contributed by atoms with Gasteiger partial charge in [0.25, 0.3) is 0 Å². The minimum Gasteiger partial charge on any atom is -0.393 e. The average molecular weight is 392 g/mol. The van der Waals surface area contributed by atoms with Crippen LogP contribution in [0.2, 0.25) is 0 Å². The van der Waals surface area contributed by atoms with E-state index in [9.17, 15) is 14.3 Å². The van der Waals surface area contributed by atoms with Crippen molar-refractivity contribution >= 4 is 5.91 Å². The first-order chi connectivity index (χ1) is 13.5. The summed E-state index contributed by atoms with van der Waals surface area (Å²) in [5.41, 5.74) is 1.05. The number of aliphatic hydroxyl groups excluding tert-OH is 1. The minimum absolute atomic E-state index is 0.162. The summed E-state index contributed by atoms with van der Waals surface area (Å²) in [6.07, 6.45) is 4.43. The number of hydrogen-bond donors (Lipinski definition) is 1. The number of likely N-dealkylation sites (tertiary alicyclic amines) is 2. The van der Waals surface area contributed by atoms with Gasteiger partial charge in [0.15, 0.2) is 0 Å². The first kappa shape index (κ1) is 21.2. The predicted molar refractivity (Wildman–Crippen MR) is 109 cm³/mol. The summed E-state index contributed by atoms with van der Waals surface area (Å²) < 4.78 is 13.3. The molecule has 2 heterocycles. The Balaban J connectivity index is 1.33. The van der Waals surface area contributed by atoms with Gasteiger partial charge in [0.05, 0.1) is 12.6 Å². The number of carbonyl (C=O) groups excluding carboxylic acids is 1. The number of hydrogen-bond acceptors (Lipinski definition) is 4. The van der Waals surface area contributed by atoms with Crippen LogP contribution in [-0.2, 0) is 11.2 Å². The van der Waals surface area contributed by atoms with Crippen molar-refractivity contribution in [2.24, 2.45) is 5.92 Å². The number of piperidine rings is 2. The first-order valence-corrected chi connectivity index (χ1v) is 10.6. The topological polar surface area (TPSA) is 47.0 Å². The van der Waals surface area contributed by atoms with Crippen molar-refractivity contribution in [3.63, 3.8) is 0 Å². The summed E-state index contributed by atoms with van der Waals surface area (Å²) in [5, 5.41) is 9.58. The molecule has 0 aliphatic carbocycles. The smallest absolute Gasteiger partial charge is 0.236 e. The van der Waals surface area contributed by atoms with E-state index in [0.29, 0.717) is 12.5 Å². The second-order valence-electron chi connectivity index (χ2n) is 8.45. The third kappa shape index (κ3) is 6.54. The van der Waals surface area contributed by atoms with E-state index in [2.05, 4.69) is 9.80 Å². The van der Waals surface area contributed by atoms with Crippen LogP contribution in [0.1, 0.15) is 31.2 Å². The van der Waals surface area contributed by atoms with Crippen molar-refractivity contribution in [3.8, 4) is 0 Å². The second-order valence-corrected chi connectivity index (χ2v) is 8.45. The lowest BCUT2D eigenvalue weighted by Gasteiger charge is -2.35. The van der Waals surface area contributed by atoms with Crippen LogP contribution >= 0.6 is 0 Å². The number of carbonyl (C=O) groups is 1. The molecule has 3 rings (SSSR count). The Morgan fingerprint density at radius 1 is 1.14 bits per heavy atom. The molecule has 1 N–H and O–H groups in total. The van der Waals surface area contributed by atoms with Gasteiger partial charge >= 0.3 is 0 Å². The Morgan fingerprint density at radius 3 is 2.50 bits per heavy atom. The maximum absolute atomic E-state index is 13.3. The zero-order valence-corrected chi connectivity index (χ0v) is 17.0. The van der Waals surface area contributed by atoms with Gasteiger partial charge in [0.1, 0.15) is 5.82 Å². The van der Waals surface area contributed by atoms with E-state index in [4.69, 9.17) is 0 Å². The fourth-order valence-corrected chi connectivity index (χ4v) is 4.25. The molecule has 0 atom stereocenters. The van der Waals surface area contributed by atoms with Crippen LogP contribution < -0.4 is 0 Å². The van der Waals surface area contributed by atoms with Gasteiger partial charge in [-0.3, -0.25) is 9.69 Å². The van der Waals surface area contributed by atoms with Gasteiger partial charge in [-0.15, -0.1) is 0 Å². The Kier molecular flexibility index (Phi) is 7.82.